The molecule has 3 aliphatic carbocycles. The maximum atomic E-state index is 12.2. The summed E-state index contributed by atoms with van der Waals surface area (Å²) in [6.07, 6.45) is 9.07. The lowest BCUT2D eigenvalue weighted by Gasteiger charge is -2.62. The molecule has 30 heavy (non-hydrogen) atoms. The highest BCUT2D eigenvalue weighted by molar-refractivity contribution is 5.91. The van der Waals surface area contributed by atoms with Crippen LogP contribution in [0.15, 0.2) is 42.1 Å². The Bertz CT molecular complexity index is 848. The number of nitrogens with zero attached hydrogens (tertiary/aromatic N) is 1. The van der Waals surface area contributed by atoms with Crippen LogP contribution in [-0.4, -0.2) is 29.9 Å². The number of benzene rings is 1. The van der Waals surface area contributed by atoms with Crippen molar-refractivity contribution >= 4 is 5.78 Å². The third-order valence-corrected chi connectivity index (χ3v) is 9.53. The monoisotopic (exact) mass is 407 g/mol. The van der Waals surface area contributed by atoms with Gasteiger partial charge in [-0.2, -0.15) is 0 Å². The van der Waals surface area contributed by atoms with Gasteiger partial charge in [-0.1, -0.05) is 44.2 Å². The number of ketones is 1. The maximum absolute atomic E-state index is 12.2. The normalized spacial score (nSPS) is 42.9. The van der Waals surface area contributed by atoms with Crippen LogP contribution >= 0.6 is 0 Å². The first kappa shape index (κ1) is 20.3. The van der Waals surface area contributed by atoms with Crippen LogP contribution in [0.1, 0.15) is 64.9 Å². The van der Waals surface area contributed by atoms with Crippen molar-refractivity contribution in [3.05, 3.63) is 47.7 Å². The molecule has 0 aromatic heterocycles. The largest absolute Gasteiger partial charge is 0.374 e. The Balaban J connectivity index is 1.39. The van der Waals surface area contributed by atoms with E-state index in [9.17, 15) is 4.79 Å². The fourth-order valence-electron chi connectivity index (χ4n) is 7.78. The van der Waals surface area contributed by atoms with Crippen molar-refractivity contribution in [3.8, 4) is 0 Å². The molecule has 2 unspecified atom stereocenters. The van der Waals surface area contributed by atoms with E-state index in [2.05, 4.69) is 63.1 Å². The molecular weight excluding hydrogens is 370 g/mol. The minimum Gasteiger partial charge on any atom is -0.374 e. The van der Waals surface area contributed by atoms with Gasteiger partial charge < -0.3 is 9.64 Å². The topological polar surface area (TPSA) is 29.5 Å². The number of allylic oxidation sites excluding steroid dienone is 2. The molecule has 1 heterocycles. The highest BCUT2D eigenvalue weighted by Crippen LogP contribution is 2.65. The lowest BCUT2D eigenvalue weighted by molar-refractivity contribution is -0.121. The molecule has 3 fully saturated rings. The predicted molar refractivity (Wildman–Crippen MR) is 120 cm³/mol. The SMILES string of the molecule is CC1[C@@H]2[C@@H](CC[C@]3(C)CC(OCc4ccccc4)C[C@@H]23)[C@@]2(C)CCC(=O)C=C2N1C. The van der Waals surface area contributed by atoms with Crippen LogP contribution in [0.25, 0.3) is 0 Å². The average molecular weight is 408 g/mol. The molecule has 0 amide bonds. The van der Waals surface area contributed by atoms with Gasteiger partial charge in [-0.05, 0) is 67.8 Å². The molecule has 2 saturated carbocycles. The van der Waals surface area contributed by atoms with Gasteiger partial charge in [0.15, 0.2) is 5.78 Å². The first-order valence-electron chi connectivity index (χ1n) is 12.0. The van der Waals surface area contributed by atoms with Gasteiger partial charge in [0.1, 0.15) is 0 Å². The van der Waals surface area contributed by atoms with Gasteiger partial charge in [-0.15, -0.1) is 0 Å². The van der Waals surface area contributed by atoms with Crippen LogP contribution in [0, 0.1) is 28.6 Å². The first-order chi connectivity index (χ1) is 14.3. The Kier molecular flexibility index (Phi) is 4.89. The van der Waals surface area contributed by atoms with E-state index < -0.39 is 0 Å². The molecule has 1 aromatic rings. The third-order valence-electron chi connectivity index (χ3n) is 9.53. The van der Waals surface area contributed by atoms with Gasteiger partial charge in [0, 0.05) is 36.7 Å². The predicted octanol–water partition coefficient (Wildman–Crippen LogP) is 5.60. The van der Waals surface area contributed by atoms with Crippen molar-refractivity contribution < 1.29 is 9.53 Å². The molecular formula is C27H37NO2. The van der Waals surface area contributed by atoms with Crippen molar-refractivity contribution in [2.45, 2.75) is 78.0 Å². The highest BCUT2D eigenvalue weighted by atomic mass is 16.5. The molecule has 0 bridgehead atoms. The smallest absolute Gasteiger partial charge is 0.157 e. The second kappa shape index (κ2) is 7.22. The van der Waals surface area contributed by atoms with Crippen molar-refractivity contribution in [2.75, 3.05) is 7.05 Å². The Morgan fingerprint density at radius 2 is 1.90 bits per heavy atom. The summed E-state index contributed by atoms with van der Waals surface area (Å²) in [6, 6.07) is 11.1. The van der Waals surface area contributed by atoms with E-state index in [1.165, 1.54) is 36.9 Å². The first-order valence-corrected chi connectivity index (χ1v) is 12.0. The maximum Gasteiger partial charge on any atom is 0.157 e. The highest BCUT2D eigenvalue weighted by Gasteiger charge is 2.61. The summed E-state index contributed by atoms with van der Waals surface area (Å²) in [5.41, 5.74) is 3.13. The van der Waals surface area contributed by atoms with Crippen molar-refractivity contribution in [2.24, 2.45) is 28.6 Å². The summed E-state index contributed by atoms with van der Waals surface area (Å²) < 4.78 is 6.46. The second-order valence-electron chi connectivity index (χ2n) is 11.1. The fourth-order valence-corrected chi connectivity index (χ4v) is 7.78. The zero-order valence-corrected chi connectivity index (χ0v) is 19.1. The lowest BCUT2D eigenvalue weighted by atomic mass is 9.49. The van der Waals surface area contributed by atoms with Gasteiger partial charge in [0.2, 0.25) is 0 Å². The minimum atomic E-state index is 0.157. The molecule has 0 N–H and O–H groups in total. The number of hydrogen-bond donors (Lipinski definition) is 0. The molecule has 0 radical (unpaired) electrons. The molecule has 4 aliphatic rings. The summed E-state index contributed by atoms with van der Waals surface area (Å²) >= 11 is 0. The molecule has 0 spiro atoms. The Labute approximate surface area is 181 Å². The number of hydrogen-bond acceptors (Lipinski definition) is 3. The standard InChI is InChI=1S/C27H37NO2/c1-18-25-22(27(3)13-10-20(29)14-24(27)28(18)4)11-12-26(2)16-21(15-23(25)26)30-17-19-8-6-5-7-9-19/h5-9,14,18,21-23,25H,10-13,15-17H2,1-4H3/t18?,21?,22-,23+,25-,26-,27-/m1/s1. The van der Waals surface area contributed by atoms with E-state index in [1.807, 2.05) is 6.08 Å². The number of piperidine rings is 1. The molecule has 162 valence electrons. The number of carbonyl (C=O) groups is 1. The fraction of sp³-hybridized carbons (Fsp3) is 0.667. The zero-order valence-electron chi connectivity index (χ0n) is 19.1. The van der Waals surface area contributed by atoms with Crippen molar-refractivity contribution in [3.63, 3.8) is 0 Å². The minimum absolute atomic E-state index is 0.157. The zero-order chi connectivity index (χ0) is 21.1. The van der Waals surface area contributed by atoms with Gasteiger partial charge in [-0.25, -0.2) is 0 Å². The summed E-state index contributed by atoms with van der Waals surface area (Å²) in [5.74, 6) is 2.41. The molecule has 1 aromatic carbocycles. The number of carbonyl (C=O) groups excluding carboxylic acids is 1. The Morgan fingerprint density at radius 1 is 1.13 bits per heavy atom. The van der Waals surface area contributed by atoms with Crippen LogP contribution in [0.4, 0.5) is 0 Å². The van der Waals surface area contributed by atoms with Crippen LogP contribution in [0.3, 0.4) is 0 Å². The summed E-state index contributed by atoms with van der Waals surface area (Å²) in [6.45, 7) is 8.11. The van der Waals surface area contributed by atoms with Crippen molar-refractivity contribution in [1.82, 2.24) is 4.90 Å². The second-order valence-corrected chi connectivity index (χ2v) is 11.1. The van der Waals surface area contributed by atoms with Gasteiger partial charge in [0.25, 0.3) is 0 Å². The van der Waals surface area contributed by atoms with Gasteiger partial charge >= 0.3 is 0 Å². The van der Waals surface area contributed by atoms with Crippen LogP contribution in [-0.2, 0) is 16.1 Å². The number of ether oxygens (including phenoxy) is 1. The van der Waals surface area contributed by atoms with Gasteiger partial charge in [0.05, 0.1) is 12.7 Å². The van der Waals surface area contributed by atoms with Crippen molar-refractivity contribution in [1.29, 1.82) is 0 Å². The molecule has 7 atom stereocenters. The Morgan fingerprint density at radius 3 is 2.67 bits per heavy atom. The lowest BCUT2D eigenvalue weighted by Crippen LogP contribution is -2.60. The Hall–Kier alpha value is -1.61. The number of fused-ring (bicyclic) bond motifs is 5. The number of rotatable bonds is 3. The third kappa shape index (κ3) is 3.07. The number of likely N-dealkylation sites (tertiary alicyclic amines) is 1. The van der Waals surface area contributed by atoms with E-state index in [1.54, 1.807) is 0 Å². The molecule has 3 heteroatoms. The molecule has 1 aliphatic heterocycles. The van der Waals surface area contributed by atoms with E-state index in [0.717, 1.165) is 19.4 Å². The van der Waals surface area contributed by atoms with E-state index in [4.69, 9.17) is 4.74 Å². The molecule has 5 rings (SSSR count). The van der Waals surface area contributed by atoms with Crippen LogP contribution in [0.2, 0.25) is 0 Å². The molecule has 3 nitrogen and oxygen atoms in total. The van der Waals surface area contributed by atoms with Gasteiger partial charge in [-0.3, -0.25) is 4.79 Å². The van der Waals surface area contributed by atoms with Crippen LogP contribution < -0.4 is 0 Å². The van der Waals surface area contributed by atoms with Crippen LogP contribution in [0.5, 0.6) is 0 Å². The van der Waals surface area contributed by atoms with E-state index >= 15 is 0 Å². The summed E-state index contributed by atoms with van der Waals surface area (Å²) in [4.78, 5) is 14.7. The summed E-state index contributed by atoms with van der Waals surface area (Å²) in [5, 5.41) is 0. The van der Waals surface area contributed by atoms with E-state index in [0.29, 0.717) is 41.1 Å². The quantitative estimate of drug-likeness (QED) is 0.653. The summed E-state index contributed by atoms with van der Waals surface area (Å²) in [7, 11) is 2.23. The molecule has 1 saturated heterocycles. The van der Waals surface area contributed by atoms with E-state index in [-0.39, 0.29) is 5.41 Å². The average Bonchev–Trinajstić information content (AvgIpc) is 3.09.